The van der Waals surface area contributed by atoms with Gasteiger partial charge in [0.05, 0.1) is 6.61 Å². The number of urea groups is 1. The van der Waals surface area contributed by atoms with E-state index in [9.17, 15) is 9.59 Å². The Morgan fingerprint density at radius 3 is 2.42 bits per heavy atom. The van der Waals surface area contributed by atoms with E-state index >= 15 is 0 Å². The van der Waals surface area contributed by atoms with Crippen LogP contribution < -0.4 is 20.1 Å². The monoisotopic (exact) mass is 372 g/mol. The normalized spacial score (nSPS) is 14.9. The zero-order valence-electron chi connectivity index (χ0n) is 14.0. The van der Waals surface area contributed by atoms with Gasteiger partial charge in [0.25, 0.3) is 5.91 Å². The van der Waals surface area contributed by atoms with E-state index in [1.165, 1.54) is 0 Å². The summed E-state index contributed by atoms with van der Waals surface area (Å²) in [5.74, 6) is 0.681. The van der Waals surface area contributed by atoms with E-state index in [1.54, 1.807) is 36.4 Å². The number of nitrogens with one attached hydrogen (secondary N) is 2. The lowest BCUT2D eigenvalue weighted by Gasteiger charge is -2.13. The number of imide groups is 1. The number of carbonyl (C=O) groups excluding carboxylic acids is 2. The van der Waals surface area contributed by atoms with Gasteiger partial charge in [0.2, 0.25) is 0 Å². The molecule has 134 valence electrons. The molecular weight excluding hydrogens is 356 g/mol. The molecule has 0 aromatic heterocycles. The van der Waals surface area contributed by atoms with Gasteiger partial charge in [0.15, 0.2) is 11.5 Å². The Labute approximate surface area is 155 Å². The first-order valence-electron chi connectivity index (χ1n) is 8.03. The van der Waals surface area contributed by atoms with Crippen molar-refractivity contribution in [3.63, 3.8) is 0 Å². The molecule has 0 atom stereocenters. The van der Waals surface area contributed by atoms with Gasteiger partial charge < -0.3 is 14.8 Å². The molecule has 1 heterocycles. The van der Waals surface area contributed by atoms with Crippen LogP contribution in [-0.2, 0) is 11.4 Å². The average Bonchev–Trinajstić information content (AvgIpc) is 2.93. The summed E-state index contributed by atoms with van der Waals surface area (Å²) in [6.45, 7) is 2.71. The molecule has 6 nitrogen and oxygen atoms in total. The highest BCUT2D eigenvalue weighted by Gasteiger charge is 2.22. The van der Waals surface area contributed by atoms with E-state index in [-0.39, 0.29) is 5.70 Å². The molecule has 1 aliphatic rings. The molecule has 0 radical (unpaired) electrons. The molecule has 0 spiro atoms. The van der Waals surface area contributed by atoms with Crippen molar-refractivity contribution in [3.05, 3.63) is 64.3 Å². The van der Waals surface area contributed by atoms with Crippen molar-refractivity contribution in [1.29, 1.82) is 0 Å². The largest absolute Gasteiger partial charge is 0.490 e. The minimum absolute atomic E-state index is 0.187. The molecule has 2 N–H and O–H groups in total. The van der Waals surface area contributed by atoms with Crippen molar-refractivity contribution in [2.24, 2.45) is 0 Å². The molecule has 26 heavy (non-hydrogen) atoms. The summed E-state index contributed by atoms with van der Waals surface area (Å²) in [6, 6.07) is 12.2. The first kappa shape index (κ1) is 17.8. The molecule has 0 unspecified atom stereocenters. The molecule has 3 amide bonds. The highest BCUT2D eigenvalue weighted by atomic mass is 35.5. The van der Waals surface area contributed by atoms with Gasteiger partial charge in [0, 0.05) is 5.02 Å². The Morgan fingerprint density at radius 1 is 1.00 bits per heavy atom. The third-order valence-electron chi connectivity index (χ3n) is 3.61. The van der Waals surface area contributed by atoms with Crippen LogP contribution in [0.1, 0.15) is 18.1 Å². The van der Waals surface area contributed by atoms with E-state index in [0.717, 1.165) is 5.56 Å². The minimum Gasteiger partial charge on any atom is -0.490 e. The number of ether oxygens (including phenoxy) is 2. The van der Waals surface area contributed by atoms with Crippen molar-refractivity contribution < 1.29 is 19.1 Å². The number of hydrogen-bond donors (Lipinski definition) is 2. The maximum atomic E-state index is 11.6. The first-order valence-corrected chi connectivity index (χ1v) is 8.41. The van der Waals surface area contributed by atoms with E-state index in [4.69, 9.17) is 21.1 Å². The van der Waals surface area contributed by atoms with Crippen LogP contribution in [0.5, 0.6) is 11.5 Å². The topological polar surface area (TPSA) is 76.7 Å². The fourth-order valence-electron chi connectivity index (χ4n) is 2.39. The van der Waals surface area contributed by atoms with Gasteiger partial charge in [0.1, 0.15) is 12.3 Å². The molecule has 7 heteroatoms. The second-order valence-corrected chi connectivity index (χ2v) is 5.96. The Hall–Kier alpha value is -2.99. The second kappa shape index (κ2) is 7.93. The lowest BCUT2D eigenvalue weighted by atomic mass is 10.1. The van der Waals surface area contributed by atoms with Crippen molar-refractivity contribution in [2.75, 3.05) is 6.61 Å². The van der Waals surface area contributed by atoms with Gasteiger partial charge in [-0.3, -0.25) is 10.1 Å². The predicted octanol–water partition coefficient (Wildman–Crippen LogP) is 3.50. The highest BCUT2D eigenvalue weighted by Crippen LogP contribution is 2.30. The molecule has 3 rings (SSSR count). The van der Waals surface area contributed by atoms with Crippen molar-refractivity contribution >= 4 is 29.6 Å². The molecule has 0 aliphatic carbocycles. The van der Waals surface area contributed by atoms with Gasteiger partial charge in [-0.2, -0.15) is 0 Å². The quantitative estimate of drug-likeness (QED) is 0.601. The summed E-state index contributed by atoms with van der Waals surface area (Å²) < 4.78 is 11.5. The molecular formula is C19H17ClN2O4. The van der Waals surface area contributed by atoms with Gasteiger partial charge in [-0.1, -0.05) is 29.8 Å². The summed E-state index contributed by atoms with van der Waals surface area (Å²) >= 11 is 5.88. The van der Waals surface area contributed by atoms with Crippen molar-refractivity contribution in [2.45, 2.75) is 13.5 Å². The number of halogens is 1. The first-order chi connectivity index (χ1) is 12.5. The molecule has 1 aliphatic heterocycles. The fraction of sp³-hybridized carbons (Fsp3) is 0.158. The lowest BCUT2D eigenvalue weighted by molar-refractivity contribution is -0.115. The summed E-state index contributed by atoms with van der Waals surface area (Å²) in [5, 5.41) is 5.28. The smallest absolute Gasteiger partial charge is 0.326 e. The number of rotatable bonds is 6. The predicted molar refractivity (Wildman–Crippen MR) is 98.0 cm³/mol. The summed E-state index contributed by atoms with van der Waals surface area (Å²) in [7, 11) is 0. The van der Waals surface area contributed by atoms with Crippen LogP contribution in [0.4, 0.5) is 4.79 Å². The minimum atomic E-state index is -0.533. The summed E-state index contributed by atoms with van der Waals surface area (Å²) in [4.78, 5) is 22.8. The number of hydrogen-bond acceptors (Lipinski definition) is 4. The third-order valence-corrected chi connectivity index (χ3v) is 3.86. The zero-order valence-corrected chi connectivity index (χ0v) is 14.8. The Balaban J connectivity index is 1.78. The SMILES string of the molecule is CCOc1cc(/C=C2/NC(=O)NC2=O)ccc1OCc1ccc(Cl)cc1. The van der Waals surface area contributed by atoms with E-state index in [2.05, 4.69) is 10.6 Å². The second-order valence-electron chi connectivity index (χ2n) is 5.52. The maximum absolute atomic E-state index is 11.6. The van der Waals surface area contributed by atoms with Gasteiger partial charge in [-0.15, -0.1) is 0 Å². The molecule has 0 saturated carbocycles. The fourth-order valence-corrected chi connectivity index (χ4v) is 2.52. The van der Waals surface area contributed by atoms with E-state index < -0.39 is 11.9 Å². The van der Waals surface area contributed by atoms with Crippen LogP contribution in [0.25, 0.3) is 6.08 Å². The van der Waals surface area contributed by atoms with Crippen molar-refractivity contribution in [1.82, 2.24) is 10.6 Å². The number of amides is 3. The van der Waals surface area contributed by atoms with Crippen LogP contribution in [0.3, 0.4) is 0 Å². The van der Waals surface area contributed by atoms with E-state index in [1.807, 2.05) is 19.1 Å². The zero-order chi connectivity index (χ0) is 18.5. The Kier molecular flexibility index (Phi) is 5.43. The molecule has 2 aromatic rings. The summed E-state index contributed by atoms with van der Waals surface area (Å²) in [6.07, 6.45) is 1.58. The third kappa shape index (κ3) is 4.34. The van der Waals surface area contributed by atoms with Crippen LogP contribution in [-0.4, -0.2) is 18.5 Å². The highest BCUT2D eigenvalue weighted by molar-refractivity contribution is 6.30. The maximum Gasteiger partial charge on any atom is 0.326 e. The van der Waals surface area contributed by atoms with Gasteiger partial charge in [-0.25, -0.2) is 4.79 Å². The van der Waals surface area contributed by atoms with Gasteiger partial charge in [-0.05, 0) is 48.4 Å². The van der Waals surface area contributed by atoms with E-state index in [0.29, 0.717) is 35.3 Å². The van der Waals surface area contributed by atoms with Crippen LogP contribution >= 0.6 is 11.6 Å². The van der Waals surface area contributed by atoms with Gasteiger partial charge >= 0.3 is 6.03 Å². The average molecular weight is 373 g/mol. The summed E-state index contributed by atoms with van der Waals surface area (Å²) in [5.41, 5.74) is 1.88. The van der Waals surface area contributed by atoms with Crippen LogP contribution in [0.2, 0.25) is 5.02 Å². The number of carbonyl (C=O) groups is 2. The molecule has 1 fully saturated rings. The standard InChI is InChI=1S/C19H17ClN2O4/c1-2-25-17-10-13(9-15-18(23)22-19(24)21-15)5-8-16(17)26-11-12-3-6-14(20)7-4-12/h3-10H,2,11H2,1H3,(H2,21,22,23,24)/b15-9+. The lowest BCUT2D eigenvalue weighted by Crippen LogP contribution is -2.22. The molecule has 2 aromatic carbocycles. The number of benzene rings is 2. The Bertz CT molecular complexity index is 862. The molecule has 0 bridgehead atoms. The van der Waals surface area contributed by atoms with Crippen LogP contribution in [0.15, 0.2) is 48.2 Å². The Morgan fingerprint density at radius 2 is 1.77 bits per heavy atom. The molecule has 1 saturated heterocycles. The van der Waals surface area contributed by atoms with Crippen molar-refractivity contribution in [3.8, 4) is 11.5 Å². The van der Waals surface area contributed by atoms with Crippen LogP contribution in [0, 0.1) is 0 Å².